The molecule has 0 aromatic heterocycles. The molecule has 0 bridgehead atoms. The summed E-state index contributed by atoms with van der Waals surface area (Å²) in [5.74, 6) is 0.771. The monoisotopic (exact) mass is 238 g/mol. The van der Waals surface area contributed by atoms with Crippen molar-refractivity contribution >= 4 is 0 Å². The van der Waals surface area contributed by atoms with E-state index in [0.29, 0.717) is 6.61 Å². The van der Waals surface area contributed by atoms with Crippen molar-refractivity contribution in [1.82, 2.24) is 0 Å². The largest absolute Gasteiger partial charge is 0.493 e. The van der Waals surface area contributed by atoms with Crippen LogP contribution in [-0.2, 0) is 10.3 Å². The molecule has 0 amide bonds. The van der Waals surface area contributed by atoms with E-state index in [1.54, 1.807) is 7.11 Å². The molecule has 96 valence electrons. The molecule has 0 saturated carbocycles. The van der Waals surface area contributed by atoms with Crippen molar-refractivity contribution in [2.24, 2.45) is 5.92 Å². The highest BCUT2D eigenvalue weighted by atomic mass is 16.5. The summed E-state index contributed by atoms with van der Waals surface area (Å²) in [6.45, 7) is 6.72. The zero-order chi connectivity index (χ0) is 12.9. The van der Waals surface area contributed by atoms with Crippen LogP contribution in [0.25, 0.3) is 0 Å². The van der Waals surface area contributed by atoms with Crippen LogP contribution in [0.4, 0.5) is 0 Å². The van der Waals surface area contributed by atoms with Crippen LogP contribution in [0.5, 0.6) is 5.75 Å². The molecule has 0 radical (unpaired) electrons. The van der Waals surface area contributed by atoms with Crippen LogP contribution < -0.4 is 4.74 Å². The minimum atomic E-state index is -1.01. The van der Waals surface area contributed by atoms with Crippen LogP contribution >= 0.6 is 0 Å². The lowest BCUT2D eigenvalue weighted by Crippen LogP contribution is -2.37. The molecule has 0 saturated heterocycles. The number of hydrogen-bond acceptors (Lipinski definition) is 3. The molecule has 1 aromatic carbocycles. The molecule has 0 aliphatic carbocycles. The molecule has 3 heteroatoms. The first kappa shape index (κ1) is 14.0. The zero-order valence-corrected chi connectivity index (χ0v) is 11.1. The quantitative estimate of drug-likeness (QED) is 0.828. The Bertz CT molecular complexity index is 349. The summed E-state index contributed by atoms with van der Waals surface area (Å²) in [5, 5.41) is 10.8. The van der Waals surface area contributed by atoms with Gasteiger partial charge in [0.2, 0.25) is 0 Å². The topological polar surface area (TPSA) is 38.7 Å². The third kappa shape index (κ3) is 2.99. The Morgan fingerprint density at radius 3 is 2.47 bits per heavy atom. The van der Waals surface area contributed by atoms with E-state index in [9.17, 15) is 5.11 Å². The van der Waals surface area contributed by atoms with E-state index in [0.717, 1.165) is 11.3 Å². The van der Waals surface area contributed by atoms with E-state index < -0.39 is 5.60 Å². The van der Waals surface area contributed by atoms with E-state index in [4.69, 9.17) is 9.47 Å². The molecule has 1 N–H and O–H groups in total. The van der Waals surface area contributed by atoms with Gasteiger partial charge >= 0.3 is 0 Å². The van der Waals surface area contributed by atoms with Crippen molar-refractivity contribution in [3.8, 4) is 5.75 Å². The predicted octanol–water partition coefficient (Wildman–Crippen LogP) is 2.58. The van der Waals surface area contributed by atoms with Crippen LogP contribution in [-0.4, -0.2) is 25.4 Å². The number of hydrogen-bond donors (Lipinski definition) is 1. The van der Waals surface area contributed by atoms with Gasteiger partial charge in [0.25, 0.3) is 0 Å². The van der Waals surface area contributed by atoms with Gasteiger partial charge < -0.3 is 14.6 Å². The summed E-state index contributed by atoms with van der Waals surface area (Å²) in [6, 6.07) is 7.58. The average Bonchev–Trinajstić information content (AvgIpc) is 2.30. The van der Waals surface area contributed by atoms with Gasteiger partial charge in [-0.3, -0.25) is 0 Å². The molecule has 0 spiro atoms. The van der Waals surface area contributed by atoms with Crippen molar-refractivity contribution in [2.75, 3.05) is 20.3 Å². The van der Waals surface area contributed by atoms with Gasteiger partial charge in [0.1, 0.15) is 11.4 Å². The van der Waals surface area contributed by atoms with Gasteiger partial charge in [0.15, 0.2) is 0 Å². The molecule has 1 atom stereocenters. The van der Waals surface area contributed by atoms with Gasteiger partial charge in [-0.1, -0.05) is 32.0 Å². The van der Waals surface area contributed by atoms with Gasteiger partial charge in [0.05, 0.1) is 13.2 Å². The van der Waals surface area contributed by atoms with Crippen molar-refractivity contribution < 1.29 is 14.6 Å². The van der Waals surface area contributed by atoms with E-state index in [2.05, 4.69) is 0 Å². The van der Waals surface area contributed by atoms with Crippen molar-refractivity contribution in [3.63, 3.8) is 0 Å². The first-order chi connectivity index (χ1) is 8.06. The standard InChI is InChI=1S/C14H22O3/c1-5-17-13-9-7-6-8-12(13)14(15,10-16-4)11(2)3/h6-9,11,15H,5,10H2,1-4H3. The summed E-state index contributed by atoms with van der Waals surface area (Å²) in [7, 11) is 1.59. The van der Waals surface area contributed by atoms with Crippen LogP contribution in [0.15, 0.2) is 24.3 Å². The molecular formula is C14H22O3. The number of rotatable bonds is 6. The highest BCUT2D eigenvalue weighted by molar-refractivity contribution is 5.38. The Balaban J connectivity index is 3.17. The third-order valence-corrected chi connectivity index (χ3v) is 2.97. The second-order valence-corrected chi connectivity index (χ2v) is 4.44. The lowest BCUT2D eigenvalue weighted by Gasteiger charge is -2.33. The van der Waals surface area contributed by atoms with E-state index in [1.807, 2.05) is 45.0 Å². The van der Waals surface area contributed by atoms with E-state index >= 15 is 0 Å². The van der Waals surface area contributed by atoms with Gasteiger partial charge in [0, 0.05) is 12.7 Å². The highest BCUT2D eigenvalue weighted by Gasteiger charge is 2.35. The fraction of sp³-hybridized carbons (Fsp3) is 0.571. The summed E-state index contributed by atoms with van der Waals surface area (Å²) >= 11 is 0. The second-order valence-electron chi connectivity index (χ2n) is 4.44. The number of ether oxygens (including phenoxy) is 2. The average molecular weight is 238 g/mol. The molecule has 17 heavy (non-hydrogen) atoms. The normalized spacial score (nSPS) is 14.7. The summed E-state index contributed by atoms with van der Waals surface area (Å²) < 4.78 is 10.7. The van der Waals surface area contributed by atoms with Gasteiger partial charge in [-0.05, 0) is 18.9 Å². The molecule has 0 heterocycles. The molecule has 3 nitrogen and oxygen atoms in total. The van der Waals surface area contributed by atoms with Crippen molar-refractivity contribution in [1.29, 1.82) is 0 Å². The molecule has 0 aliphatic rings. The fourth-order valence-corrected chi connectivity index (χ4v) is 1.88. The van der Waals surface area contributed by atoms with Crippen LogP contribution in [0.3, 0.4) is 0 Å². The minimum absolute atomic E-state index is 0.0454. The lowest BCUT2D eigenvalue weighted by molar-refractivity contribution is -0.0714. The predicted molar refractivity (Wildman–Crippen MR) is 68.2 cm³/mol. The Labute approximate surface area is 103 Å². The number of benzene rings is 1. The molecule has 1 aromatic rings. The first-order valence-electron chi connectivity index (χ1n) is 5.99. The van der Waals surface area contributed by atoms with Gasteiger partial charge in [-0.25, -0.2) is 0 Å². The maximum atomic E-state index is 10.8. The number of para-hydroxylation sites is 1. The molecule has 1 unspecified atom stereocenters. The van der Waals surface area contributed by atoms with E-state index in [-0.39, 0.29) is 12.5 Å². The Kier molecular flexibility index (Phi) is 4.97. The minimum Gasteiger partial charge on any atom is -0.493 e. The number of methoxy groups -OCH3 is 1. The van der Waals surface area contributed by atoms with Gasteiger partial charge in [-0.2, -0.15) is 0 Å². The molecule has 0 aliphatic heterocycles. The van der Waals surface area contributed by atoms with Crippen LogP contribution in [0.1, 0.15) is 26.3 Å². The smallest absolute Gasteiger partial charge is 0.125 e. The molecular weight excluding hydrogens is 216 g/mol. The maximum absolute atomic E-state index is 10.8. The van der Waals surface area contributed by atoms with E-state index in [1.165, 1.54) is 0 Å². The second kappa shape index (κ2) is 6.03. The fourth-order valence-electron chi connectivity index (χ4n) is 1.88. The third-order valence-electron chi connectivity index (χ3n) is 2.97. The zero-order valence-electron chi connectivity index (χ0n) is 11.1. The maximum Gasteiger partial charge on any atom is 0.125 e. The van der Waals surface area contributed by atoms with Crippen molar-refractivity contribution in [3.05, 3.63) is 29.8 Å². The highest BCUT2D eigenvalue weighted by Crippen LogP contribution is 2.35. The number of aliphatic hydroxyl groups is 1. The van der Waals surface area contributed by atoms with Crippen LogP contribution in [0, 0.1) is 5.92 Å². The Morgan fingerprint density at radius 2 is 1.94 bits per heavy atom. The Morgan fingerprint density at radius 1 is 1.29 bits per heavy atom. The summed E-state index contributed by atoms with van der Waals surface area (Å²) in [5.41, 5.74) is -0.223. The summed E-state index contributed by atoms with van der Waals surface area (Å²) in [6.07, 6.45) is 0. The lowest BCUT2D eigenvalue weighted by atomic mass is 9.83. The molecule has 0 fully saturated rings. The Hall–Kier alpha value is -1.06. The van der Waals surface area contributed by atoms with Gasteiger partial charge in [-0.15, -0.1) is 0 Å². The van der Waals surface area contributed by atoms with Crippen molar-refractivity contribution in [2.45, 2.75) is 26.4 Å². The summed E-state index contributed by atoms with van der Waals surface area (Å²) in [4.78, 5) is 0. The first-order valence-corrected chi connectivity index (χ1v) is 5.99. The SMILES string of the molecule is CCOc1ccccc1C(O)(COC)C(C)C. The van der Waals surface area contributed by atoms with Crippen LogP contribution in [0.2, 0.25) is 0 Å². The molecule has 1 rings (SSSR count).